The second-order valence-electron chi connectivity index (χ2n) is 7.16. The minimum absolute atomic E-state index is 0.131. The molecular weight excluding hydrogens is 350 g/mol. The van der Waals surface area contributed by atoms with Crippen molar-refractivity contribution >= 4 is 17.7 Å². The minimum atomic E-state index is -0.844. The van der Waals surface area contributed by atoms with Crippen molar-refractivity contribution in [2.24, 2.45) is 0 Å². The van der Waals surface area contributed by atoms with Crippen LogP contribution in [-0.4, -0.2) is 34.8 Å². The van der Waals surface area contributed by atoms with E-state index in [2.05, 4.69) is 6.07 Å². The van der Waals surface area contributed by atoms with Crippen LogP contribution in [0, 0.1) is 6.07 Å². The molecule has 1 N–H and O–H groups in total. The van der Waals surface area contributed by atoms with Crippen molar-refractivity contribution in [3.05, 3.63) is 70.7 Å². The summed E-state index contributed by atoms with van der Waals surface area (Å²) in [4.78, 5) is 14.1. The first-order valence-electron chi connectivity index (χ1n) is 8.61. The molecule has 1 atom stereocenters. The Morgan fingerprint density at radius 3 is 2.69 bits per heavy atom. The van der Waals surface area contributed by atoms with E-state index in [9.17, 15) is 9.90 Å². The Bertz CT molecular complexity index is 713. The van der Waals surface area contributed by atoms with E-state index >= 15 is 0 Å². The molecular formula is C21H25ClNO3. The second-order valence-corrected chi connectivity index (χ2v) is 7.60. The molecule has 5 heteroatoms. The average Bonchev–Trinajstić information content (AvgIpc) is 2.57. The maximum absolute atomic E-state index is 12.6. The number of hydrogen-bond donors (Lipinski definition) is 1. The summed E-state index contributed by atoms with van der Waals surface area (Å²) in [7, 11) is 0. The fraction of sp³-hybridized carbons (Fsp3) is 0.381. The zero-order valence-electron chi connectivity index (χ0n) is 15.4. The van der Waals surface area contributed by atoms with Crippen molar-refractivity contribution < 1.29 is 14.6 Å². The van der Waals surface area contributed by atoms with E-state index in [0.29, 0.717) is 23.6 Å². The Morgan fingerprint density at radius 2 is 2.08 bits per heavy atom. The van der Waals surface area contributed by atoms with Gasteiger partial charge in [-0.1, -0.05) is 48.0 Å². The van der Waals surface area contributed by atoms with Gasteiger partial charge in [0, 0.05) is 11.6 Å². The van der Waals surface area contributed by atoms with Crippen LogP contribution in [0.1, 0.15) is 38.0 Å². The summed E-state index contributed by atoms with van der Waals surface area (Å²) in [5.41, 5.74) is 1.13. The maximum atomic E-state index is 12.6. The van der Waals surface area contributed by atoms with Crippen LogP contribution in [0.3, 0.4) is 0 Å². The van der Waals surface area contributed by atoms with Crippen LogP contribution in [0.25, 0.3) is 0 Å². The van der Waals surface area contributed by atoms with Gasteiger partial charge in [-0.05, 0) is 56.5 Å². The summed E-state index contributed by atoms with van der Waals surface area (Å²) >= 11 is 6.00. The fourth-order valence-electron chi connectivity index (χ4n) is 2.46. The smallest absolute Gasteiger partial charge is 0.410 e. The van der Waals surface area contributed by atoms with E-state index in [0.717, 1.165) is 5.56 Å². The van der Waals surface area contributed by atoms with Crippen LogP contribution in [-0.2, 0) is 11.2 Å². The number of ether oxygens (including phenoxy) is 1. The Balaban J connectivity index is 2.09. The summed E-state index contributed by atoms with van der Waals surface area (Å²) in [5, 5.41) is 11.1. The quantitative estimate of drug-likeness (QED) is 0.800. The molecule has 2 rings (SSSR count). The molecule has 0 saturated heterocycles. The van der Waals surface area contributed by atoms with Crippen LogP contribution >= 0.6 is 11.6 Å². The van der Waals surface area contributed by atoms with Gasteiger partial charge in [0.1, 0.15) is 5.60 Å². The normalized spacial score (nSPS) is 12.5. The number of aliphatic hydroxyl groups is 1. The third-order valence-electron chi connectivity index (χ3n) is 3.72. The zero-order valence-corrected chi connectivity index (χ0v) is 16.2. The van der Waals surface area contributed by atoms with Crippen molar-refractivity contribution in [1.29, 1.82) is 0 Å². The number of benzene rings is 2. The largest absolute Gasteiger partial charge is 0.444 e. The molecule has 0 aromatic heterocycles. The molecule has 0 heterocycles. The van der Waals surface area contributed by atoms with Gasteiger partial charge in [-0.15, -0.1) is 0 Å². The highest BCUT2D eigenvalue weighted by Crippen LogP contribution is 2.20. The minimum Gasteiger partial charge on any atom is -0.444 e. The van der Waals surface area contributed by atoms with E-state index in [1.54, 1.807) is 24.3 Å². The molecule has 0 aliphatic carbocycles. The molecule has 0 saturated carbocycles. The molecule has 0 unspecified atom stereocenters. The van der Waals surface area contributed by atoms with Crippen molar-refractivity contribution in [2.45, 2.75) is 38.9 Å². The van der Waals surface area contributed by atoms with Crippen molar-refractivity contribution in [2.75, 3.05) is 13.1 Å². The molecule has 0 aliphatic rings. The van der Waals surface area contributed by atoms with Crippen molar-refractivity contribution in [3.8, 4) is 0 Å². The van der Waals surface area contributed by atoms with E-state index in [1.165, 1.54) is 4.90 Å². The highest BCUT2D eigenvalue weighted by molar-refractivity contribution is 6.30. The second kappa shape index (κ2) is 9.06. The predicted octanol–water partition coefficient (Wildman–Crippen LogP) is 4.65. The lowest BCUT2D eigenvalue weighted by Gasteiger charge is -2.29. The van der Waals surface area contributed by atoms with Crippen LogP contribution in [0.4, 0.5) is 4.79 Å². The van der Waals surface area contributed by atoms with Gasteiger partial charge in [-0.2, -0.15) is 0 Å². The first-order valence-corrected chi connectivity index (χ1v) is 8.99. The number of amides is 1. The standard InChI is InChI=1S/C21H25ClNO3/c1-21(2,3)26-20(25)23(13-12-16-8-5-4-6-9-16)15-19(24)17-10-7-11-18(22)14-17/h4-5,7-11,14,19,24H,12-13,15H2,1-3H3/t19-/m0/s1. The van der Waals surface area contributed by atoms with Gasteiger partial charge in [0.05, 0.1) is 12.6 Å². The first-order chi connectivity index (χ1) is 12.2. The third kappa shape index (κ3) is 6.70. The summed E-state index contributed by atoms with van der Waals surface area (Å²) in [5.74, 6) is 0. The molecule has 0 fully saturated rings. The summed E-state index contributed by atoms with van der Waals surface area (Å²) in [6.07, 6.45) is -0.638. The lowest BCUT2D eigenvalue weighted by Crippen LogP contribution is -2.40. The predicted molar refractivity (Wildman–Crippen MR) is 103 cm³/mol. The number of carbonyl (C=O) groups excluding carboxylic acids is 1. The molecule has 1 radical (unpaired) electrons. The summed E-state index contributed by atoms with van der Waals surface area (Å²) in [6, 6.07) is 17.7. The van der Waals surface area contributed by atoms with Crippen LogP contribution in [0.2, 0.25) is 5.02 Å². The topological polar surface area (TPSA) is 49.8 Å². The van der Waals surface area contributed by atoms with E-state index in [1.807, 2.05) is 45.0 Å². The number of nitrogens with zero attached hydrogens (tertiary/aromatic N) is 1. The molecule has 0 spiro atoms. The highest BCUT2D eigenvalue weighted by Gasteiger charge is 2.24. The number of halogens is 1. The Kier molecular flexibility index (Phi) is 7.06. The molecule has 2 aromatic carbocycles. The maximum Gasteiger partial charge on any atom is 0.410 e. The monoisotopic (exact) mass is 374 g/mol. The SMILES string of the molecule is CC(C)(C)OC(=O)N(CCc1c[c]ccc1)C[C@H](O)c1cccc(Cl)c1. The fourth-order valence-corrected chi connectivity index (χ4v) is 2.66. The lowest BCUT2D eigenvalue weighted by atomic mass is 10.1. The molecule has 139 valence electrons. The molecule has 2 aromatic rings. The Labute approximate surface area is 160 Å². The van der Waals surface area contributed by atoms with Crippen LogP contribution in [0.15, 0.2) is 48.5 Å². The number of hydrogen-bond acceptors (Lipinski definition) is 3. The summed E-state index contributed by atoms with van der Waals surface area (Å²) < 4.78 is 5.49. The van der Waals surface area contributed by atoms with Gasteiger partial charge in [-0.3, -0.25) is 0 Å². The van der Waals surface area contributed by atoms with E-state index in [-0.39, 0.29) is 6.54 Å². The molecule has 1 amide bonds. The molecule has 0 aliphatic heterocycles. The number of carbonyl (C=O) groups is 1. The van der Waals surface area contributed by atoms with Gasteiger partial charge >= 0.3 is 6.09 Å². The molecule has 4 nitrogen and oxygen atoms in total. The highest BCUT2D eigenvalue weighted by atomic mass is 35.5. The van der Waals surface area contributed by atoms with Crippen molar-refractivity contribution in [3.63, 3.8) is 0 Å². The van der Waals surface area contributed by atoms with Gasteiger partial charge in [0.25, 0.3) is 0 Å². The number of rotatable bonds is 6. The van der Waals surface area contributed by atoms with Gasteiger partial charge in [0.2, 0.25) is 0 Å². The van der Waals surface area contributed by atoms with Gasteiger partial charge < -0.3 is 14.7 Å². The molecule has 0 bridgehead atoms. The average molecular weight is 375 g/mol. The first kappa shape index (κ1) is 20.3. The molecule has 26 heavy (non-hydrogen) atoms. The third-order valence-corrected chi connectivity index (χ3v) is 3.96. The Morgan fingerprint density at radius 1 is 1.31 bits per heavy atom. The van der Waals surface area contributed by atoms with E-state index < -0.39 is 17.8 Å². The van der Waals surface area contributed by atoms with Gasteiger partial charge in [-0.25, -0.2) is 4.79 Å². The lowest BCUT2D eigenvalue weighted by molar-refractivity contribution is 0.0147. The summed E-state index contributed by atoms with van der Waals surface area (Å²) in [6.45, 7) is 6.03. The van der Waals surface area contributed by atoms with Gasteiger partial charge in [0.15, 0.2) is 0 Å². The van der Waals surface area contributed by atoms with Crippen LogP contribution < -0.4 is 0 Å². The Hall–Kier alpha value is -2.04. The zero-order chi connectivity index (χ0) is 19.2. The van der Waals surface area contributed by atoms with E-state index in [4.69, 9.17) is 16.3 Å². The van der Waals surface area contributed by atoms with Crippen LogP contribution in [0.5, 0.6) is 0 Å². The van der Waals surface area contributed by atoms with Crippen molar-refractivity contribution in [1.82, 2.24) is 4.90 Å². The number of aliphatic hydroxyl groups excluding tert-OH is 1.